The van der Waals surface area contributed by atoms with E-state index in [1.165, 1.54) is 0 Å². The minimum absolute atomic E-state index is 0.0184. The average molecular weight is 946 g/mol. The third-order valence-electron chi connectivity index (χ3n) is 12.4. The van der Waals surface area contributed by atoms with Crippen LogP contribution in [0.1, 0.15) is 91.6 Å². The van der Waals surface area contributed by atoms with Gasteiger partial charge in [0.05, 0.1) is 42.7 Å². The van der Waals surface area contributed by atoms with Crippen molar-refractivity contribution in [2.75, 3.05) is 34.9 Å². The summed E-state index contributed by atoms with van der Waals surface area (Å²) in [7, 11) is 6.61. The van der Waals surface area contributed by atoms with E-state index in [1.54, 1.807) is 33.2 Å². The molecule has 0 bridgehead atoms. The molecule has 1 fully saturated rings. The topological polar surface area (TPSA) is 206 Å². The SMILES string of the molecule is CC[C@H](C)[C@@H]([C@@H](CC(=O)N1CCC[C@H]1[C@H](OC)[C@@H](C)C(=O)N[C@H](Cc1ccccc1)c1nnc(-c2ccccc2)o1)OC)N(C)C(=O)[C@@H](NC(=O)[C@@H](NC)C(C)C)C(C)C.O=C(O)C(F)(F)F. The summed E-state index contributed by atoms with van der Waals surface area (Å²) in [5.74, 6) is -3.84. The number of aromatic nitrogens is 2. The maximum atomic E-state index is 14.4. The molecule has 2 aromatic carbocycles. The lowest BCUT2D eigenvalue weighted by Crippen LogP contribution is -2.59. The van der Waals surface area contributed by atoms with Crippen molar-refractivity contribution in [3.05, 3.63) is 72.1 Å². The number of likely N-dealkylation sites (N-methyl/N-ethyl adjacent to an activating group) is 2. The van der Waals surface area contributed by atoms with Gasteiger partial charge in [0.2, 0.25) is 35.4 Å². The molecular formula is C48H70F3N7O9. The summed E-state index contributed by atoms with van der Waals surface area (Å²) in [6, 6.07) is 16.6. The van der Waals surface area contributed by atoms with Crippen LogP contribution in [0.15, 0.2) is 65.1 Å². The van der Waals surface area contributed by atoms with Gasteiger partial charge < -0.3 is 44.7 Å². The molecule has 19 heteroatoms. The van der Waals surface area contributed by atoms with Gasteiger partial charge in [-0.1, -0.05) is 103 Å². The molecule has 372 valence electrons. The third-order valence-corrected chi connectivity index (χ3v) is 12.4. The predicted octanol–water partition coefficient (Wildman–Crippen LogP) is 6.08. The lowest BCUT2D eigenvalue weighted by atomic mass is 9.89. The smallest absolute Gasteiger partial charge is 0.475 e. The second-order valence-electron chi connectivity index (χ2n) is 17.7. The fourth-order valence-electron chi connectivity index (χ4n) is 8.48. The molecule has 0 spiro atoms. The van der Waals surface area contributed by atoms with Crippen LogP contribution in [0, 0.1) is 23.7 Å². The van der Waals surface area contributed by atoms with Crippen molar-refractivity contribution >= 4 is 29.6 Å². The average Bonchev–Trinajstić information content (AvgIpc) is 3.99. The Morgan fingerprint density at radius 1 is 0.881 bits per heavy atom. The van der Waals surface area contributed by atoms with Gasteiger partial charge in [-0.05, 0) is 55.3 Å². The van der Waals surface area contributed by atoms with Crippen molar-refractivity contribution in [3.63, 3.8) is 0 Å². The van der Waals surface area contributed by atoms with Gasteiger partial charge >= 0.3 is 12.1 Å². The number of hydrogen-bond donors (Lipinski definition) is 4. The molecule has 3 aromatic rings. The van der Waals surface area contributed by atoms with Crippen molar-refractivity contribution in [2.45, 2.75) is 129 Å². The molecule has 0 unspecified atom stereocenters. The number of carboxylic acids is 1. The number of benzene rings is 2. The summed E-state index contributed by atoms with van der Waals surface area (Å²) in [4.78, 5) is 68.5. The second-order valence-corrected chi connectivity index (χ2v) is 17.7. The van der Waals surface area contributed by atoms with E-state index in [4.69, 9.17) is 23.8 Å². The minimum atomic E-state index is -5.08. The Kier molecular flexibility index (Phi) is 21.9. The Hall–Kier alpha value is -5.40. The molecule has 1 saturated heterocycles. The van der Waals surface area contributed by atoms with Crippen LogP contribution in [0.2, 0.25) is 0 Å². The summed E-state index contributed by atoms with van der Waals surface area (Å²) in [5.41, 5.74) is 1.76. The van der Waals surface area contributed by atoms with E-state index in [9.17, 15) is 32.3 Å². The Balaban J connectivity index is 0.00000157. The number of aliphatic carboxylic acids is 1. The summed E-state index contributed by atoms with van der Waals surface area (Å²) in [5, 5.41) is 25.0. The van der Waals surface area contributed by atoms with Crippen LogP contribution in [0.4, 0.5) is 13.2 Å². The normalized spacial score (nSPS) is 17.6. The third kappa shape index (κ3) is 15.6. The van der Waals surface area contributed by atoms with E-state index >= 15 is 0 Å². The van der Waals surface area contributed by atoms with Crippen LogP contribution in [-0.2, 0) is 39.9 Å². The number of carbonyl (C=O) groups is 5. The number of likely N-dealkylation sites (tertiary alicyclic amines) is 1. The zero-order valence-corrected chi connectivity index (χ0v) is 40.5. The van der Waals surface area contributed by atoms with Gasteiger partial charge in [-0.15, -0.1) is 10.2 Å². The summed E-state index contributed by atoms with van der Waals surface area (Å²) < 4.78 is 50.0. The number of amides is 4. The van der Waals surface area contributed by atoms with Gasteiger partial charge in [-0.25, -0.2) is 4.79 Å². The first-order chi connectivity index (χ1) is 31.6. The number of nitrogens with one attached hydrogen (secondary N) is 3. The highest BCUT2D eigenvalue weighted by molar-refractivity contribution is 5.90. The number of carboxylic acid groups (broad SMARTS) is 1. The fourth-order valence-corrected chi connectivity index (χ4v) is 8.48. The highest BCUT2D eigenvalue weighted by atomic mass is 19.4. The molecule has 0 aliphatic carbocycles. The van der Waals surface area contributed by atoms with Gasteiger partial charge in [-0.3, -0.25) is 19.2 Å². The zero-order chi connectivity index (χ0) is 50.2. The van der Waals surface area contributed by atoms with Gasteiger partial charge in [-0.2, -0.15) is 13.2 Å². The second kappa shape index (κ2) is 26.2. The predicted molar refractivity (Wildman–Crippen MR) is 245 cm³/mol. The van der Waals surface area contributed by atoms with E-state index in [-0.39, 0.29) is 59.7 Å². The van der Waals surface area contributed by atoms with Gasteiger partial charge in [0, 0.05) is 39.8 Å². The standard InChI is InChI=1S/C46H69N7O7.C2HF3O2/c1-12-30(6)40(52(9)46(57)39(29(4)5)49-43(56)38(47-8)28(2)3)36(58-10)27-37(54)53-25-19-24-35(53)41(59-11)31(7)42(55)48-34(26-32-20-15-13-16-21-32)45-51-50-44(60-45)33-22-17-14-18-23-33;3-2(4,5)1(6)7/h13-18,20-23,28-31,34-36,38-41,47H,12,19,24-27H2,1-11H3,(H,48,55)(H,49,56);(H,6,7)/t30-,31+,34+,35-,36+,38-,39-,40-,41+;/m0./s1. The number of nitrogens with zero attached hydrogens (tertiary/aromatic N) is 4. The molecule has 1 aromatic heterocycles. The zero-order valence-electron chi connectivity index (χ0n) is 40.5. The summed E-state index contributed by atoms with van der Waals surface area (Å²) in [6.45, 7) is 14.1. The maximum Gasteiger partial charge on any atom is 0.490 e. The molecule has 4 rings (SSSR count). The van der Waals surface area contributed by atoms with Crippen LogP contribution in [0.5, 0.6) is 0 Å². The Morgan fingerprint density at radius 3 is 1.97 bits per heavy atom. The Bertz CT molecular complexity index is 2020. The van der Waals surface area contributed by atoms with Gasteiger partial charge in [0.1, 0.15) is 12.1 Å². The Morgan fingerprint density at radius 2 is 1.46 bits per heavy atom. The van der Waals surface area contributed by atoms with E-state index in [2.05, 4.69) is 26.1 Å². The molecule has 1 aliphatic heterocycles. The number of alkyl halides is 3. The molecule has 16 nitrogen and oxygen atoms in total. The van der Waals surface area contributed by atoms with Crippen molar-refractivity contribution in [1.82, 2.24) is 35.9 Å². The summed E-state index contributed by atoms with van der Waals surface area (Å²) in [6.07, 6.45) is -3.76. The highest BCUT2D eigenvalue weighted by Crippen LogP contribution is 2.31. The number of ether oxygens (including phenoxy) is 2. The van der Waals surface area contributed by atoms with Crippen molar-refractivity contribution in [1.29, 1.82) is 0 Å². The van der Waals surface area contributed by atoms with Crippen molar-refractivity contribution in [3.8, 4) is 11.5 Å². The van der Waals surface area contributed by atoms with Crippen LogP contribution in [-0.4, -0.2) is 132 Å². The first kappa shape index (κ1) is 55.9. The fraction of sp³-hybridized carbons (Fsp3) is 0.604. The van der Waals surface area contributed by atoms with E-state index in [0.29, 0.717) is 25.3 Å². The molecule has 1 aliphatic rings. The van der Waals surface area contributed by atoms with E-state index in [1.807, 2.05) is 114 Å². The molecule has 0 saturated carbocycles. The number of halogens is 3. The largest absolute Gasteiger partial charge is 0.490 e. The lowest BCUT2D eigenvalue weighted by molar-refractivity contribution is -0.192. The van der Waals surface area contributed by atoms with Gasteiger partial charge in [0.25, 0.3) is 0 Å². The molecule has 2 heterocycles. The van der Waals surface area contributed by atoms with Crippen molar-refractivity contribution in [2.24, 2.45) is 23.7 Å². The van der Waals surface area contributed by atoms with Crippen LogP contribution >= 0.6 is 0 Å². The molecular weight excluding hydrogens is 876 g/mol. The van der Waals surface area contributed by atoms with Crippen LogP contribution in [0.3, 0.4) is 0 Å². The molecule has 67 heavy (non-hydrogen) atoms. The monoisotopic (exact) mass is 946 g/mol. The van der Waals surface area contributed by atoms with Crippen LogP contribution in [0.25, 0.3) is 11.5 Å². The van der Waals surface area contributed by atoms with Gasteiger partial charge in [0.15, 0.2) is 0 Å². The molecule has 4 N–H and O–H groups in total. The lowest BCUT2D eigenvalue weighted by Gasteiger charge is -2.41. The van der Waals surface area contributed by atoms with E-state index < -0.39 is 54.4 Å². The van der Waals surface area contributed by atoms with E-state index in [0.717, 1.165) is 24.0 Å². The quantitative estimate of drug-likeness (QED) is 0.0906. The number of hydrogen-bond acceptors (Lipinski definition) is 11. The first-order valence-electron chi connectivity index (χ1n) is 22.7. The number of methoxy groups -OCH3 is 2. The minimum Gasteiger partial charge on any atom is -0.475 e. The van der Waals surface area contributed by atoms with Crippen LogP contribution < -0.4 is 16.0 Å². The molecule has 9 atom stereocenters. The molecule has 4 amide bonds. The molecule has 0 radical (unpaired) electrons. The summed E-state index contributed by atoms with van der Waals surface area (Å²) >= 11 is 0. The Labute approximate surface area is 392 Å². The maximum absolute atomic E-state index is 14.4. The number of rotatable bonds is 22. The van der Waals surface area contributed by atoms with Crippen molar-refractivity contribution < 1.29 is 56.1 Å². The number of carbonyl (C=O) groups excluding carboxylic acids is 4. The first-order valence-corrected chi connectivity index (χ1v) is 22.7. The highest BCUT2D eigenvalue weighted by Gasteiger charge is 2.43.